The third kappa shape index (κ3) is 4.96. The highest BCUT2D eigenvalue weighted by atomic mass is 15.2. The van der Waals surface area contributed by atoms with Crippen LogP contribution in [0.25, 0.3) is 22.3 Å². The Hall–Kier alpha value is -4.76. The Morgan fingerprint density at radius 1 is 0.643 bits per heavy atom. The van der Waals surface area contributed by atoms with Gasteiger partial charge in [0.05, 0.1) is 11.2 Å². The molecule has 0 aromatic heterocycles. The van der Waals surface area contributed by atoms with Crippen LogP contribution in [-0.2, 0) is 11.0 Å². The van der Waals surface area contributed by atoms with Gasteiger partial charge >= 0.3 is 0 Å². The van der Waals surface area contributed by atoms with Gasteiger partial charge in [-0.05, 0) is 59.2 Å². The molecule has 42 heavy (non-hydrogen) atoms. The van der Waals surface area contributed by atoms with E-state index in [1.807, 2.05) is 36.4 Å². The second kappa shape index (κ2) is 10.6. The molecule has 0 fully saturated rings. The van der Waals surface area contributed by atoms with Crippen LogP contribution in [0.4, 0.5) is 5.69 Å². The molecule has 6 rings (SSSR count). The van der Waals surface area contributed by atoms with E-state index in [1.54, 1.807) is 0 Å². The van der Waals surface area contributed by atoms with E-state index in [9.17, 15) is 5.41 Å². The Balaban J connectivity index is 1.64. The lowest BCUT2D eigenvalue weighted by atomic mass is 9.84. The number of hydrogen-bond acceptors (Lipinski definition) is 2. The summed E-state index contributed by atoms with van der Waals surface area (Å²) in [5, 5.41) is 9.93. The Morgan fingerprint density at radius 2 is 1.19 bits per heavy atom. The third-order valence-corrected chi connectivity index (χ3v) is 8.10. The van der Waals surface area contributed by atoms with E-state index in [4.69, 9.17) is 4.99 Å². The van der Waals surface area contributed by atoms with E-state index in [-0.39, 0.29) is 5.41 Å². The maximum Gasteiger partial charge on any atom is 0.142 e. The standard InChI is InChI=1S/C39H37N3/c1-38(2,3)29-24-25-35(33(26-29)28-18-10-7-11-19-28)42(37-32-22-14-15-23-34(32)39(4,5)41-37)36(40)31-21-13-12-20-30(31)27-16-8-6-9-17-27/h6-26,40H,1-5H3. The molecule has 0 saturated carbocycles. The summed E-state index contributed by atoms with van der Waals surface area (Å²) >= 11 is 0. The quantitative estimate of drug-likeness (QED) is 0.176. The second-order valence-corrected chi connectivity index (χ2v) is 12.5. The molecular weight excluding hydrogens is 510 g/mol. The van der Waals surface area contributed by atoms with E-state index in [2.05, 4.69) is 131 Å². The SMILES string of the molecule is CC(C)(C)c1ccc(N(C(=N)c2ccccc2-c2ccccc2)C2=NC(C)(C)c3ccccc32)c(-c2ccccc2)c1. The van der Waals surface area contributed by atoms with Crippen molar-refractivity contribution >= 4 is 17.4 Å². The van der Waals surface area contributed by atoms with E-state index in [1.165, 1.54) is 11.1 Å². The molecule has 0 aliphatic carbocycles. The molecule has 0 amide bonds. The van der Waals surface area contributed by atoms with Gasteiger partial charge in [-0.2, -0.15) is 0 Å². The summed E-state index contributed by atoms with van der Waals surface area (Å²) in [6.45, 7) is 11.0. The topological polar surface area (TPSA) is 39.5 Å². The third-order valence-electron chi connectivity index (χ3n) is 8.10. The van der Waals surface area contributed by atoms with Crippen LogP contribution in [0, 0.1) is 5.41 Å². The zero-order valence-corrected chi connectivity index (χ0v) is 25.0. The predicted molar refractivity (Wildman–Crippen MR) is 178 cm³/mol. The molecule has 1 aliphatic heterocycles. The fourth-order valence-corrected chi connectivity index (χ4v) is 5.83. The summed E-state index contributed by atoms with van der Waals surface area (Å²) in [4.78, 5) is 7.40. The molecule has 3 heteroatoms. The number of amidine groups is 2. The van der Waals surface area contributed by atoms with Crippen LogP contribution in [0.2, 0.25) is 0 Å². The zero-order valence-electron chi connectivity index (χ0n) is 25.0. The number of rotatable bonds is 4. The summed E-state index contributed by atoms with van der Waals surface area (Å²) in [5.41, 5.74) is 9.11. The van der Waals surface area contributed by atoms with Gasteiger partial charge in [-0.1, -0.05) is 136 Å². The Kier molecular flexibility index (Phi) is 6.90. The summed E-state index contributed by atoms with van der Waals surface area (Å²) in [6, 6.07) is 44.2. The van der Waals surface area contributed by atoms with Gasteiger partial charge in [0, 0.05) is 16.7 Å². The van der Waals surface area contributed by atoms with Crippen molar-refractivity contribution in [1.82, 2.24) is 0 Å². The van der Waals surface area contributed by atoms with Gasteiger partial charge in [0.25, 0.3) is 0 Å². The number of benzene rings is 5. The maximum atomic E-state index is 9.93. The van der Waals surface area contributed by atoms with Crippen LogP contribution in [0.1, 0.15) is 56.9 Å². The van der Waals surface area contributed by atoms with E-state index >= 15 is 0 Å². The Labute approximate surface area is 249 Å². The molecule has 0 saturated heterocycles. The lowest BCUT2D eigenvalue weighted by Crippen LogP contribution is -2.38. The molecule has 208 valence electrons. The second-order valence-electron chi connectivity index (χ2n) is 12.5. The largest absolute Gasteiger partial charge is 0.283 e. The molecule has 5 aromatic rings. The number of nitrogens with one attached hydrogen (secondary N) is 1. The van der Waals surface area contributed by atoms with E-state index in [0.29, 0.717) is 5.84 Å². The molecule has 1 aliphatic rings. The normalized spacial score (nSPS) is 13.8. The number of hydrogen-bond donors (Lipinski definition) is 1. The lowest BCUT2D eigenvalue weighted by Gasteiger charge is -2.31. The van der Waals surface area contributed by atoms with Crippen molar-refractivity contribution in [2.24, 2.45) is 4.99 Å². The molecule has 3 nitrogen and oxygen atoms in total. The van der Waals surface area contributed by atoms with Crippen molar-refractivity contribution in [2.45, 2.75) is 45.6 Å². The summed E-state index contributed by atoms with van der Waals surface area (Å²) in [6.07, 6.45) is 0. The van der Waals surface area contributed by atoms with Crippen molar-refractivity contribution in [3.8, 4) is 22.3 Å². The van der Waals surface area contributed by atoms with Crippen molar-refractivity contribution < 1.29 is 0 Å². The molecule has 0 radical (unpaired) electrons. The molecular formula is C39H37N3. The molecule has 5 aromatic carbocycles. The van der Waals surface area contributed by atoms with Crippen LogP contribution in [0.3, 0.4) is 0 Å². The molecule has 0 unspecified atom stereocenters. The minimum absolute atomic E-state index is 0.0280. The van der Waals surface area contributed by atoms with Gasteiger partial charge in [0.2, 0.25) is 0 Å². The van der Waals surface area contributed by atoms with Crippen molar-refractivity contribution in [3.05, 3.63) is 150 Å². The molecule has 0 spiro atoms. The molecule has 0 atom stereocenters. The predicted octanol–water partition coefficient (Wildman–Crippen LogP) is 9.85. The van der Waals surface area contributed by atoms with Gasteiger partial charge in [-0.15, -0.1) is 0 Å². The highest BCUT2D eigenvalue weighted by Crippen LogP contribution is 2.42. The Morgan fingerprint density at radius 3 is 1.83 bits per heavy atom. The van der Waals surface area contributed by atoms with Gasteiger partial charge in [-0.3, -0.25) is 15.3 Å². The van der Waals surface area contributed by atoms with Gasteiger partial charge in [0.15, 0.2) is 0 Å². The van der Waals surface area contributed by atoms with E-state index in [0.717, 1.165) is 44.9 Å². The minimum Gasteiger partial charge on any atom is -0.283 e. The van der Waals surface area contributed by atoms with Crippen molar-refractivity contribution in [2.75, 3.05) is 4.90 Å². The first-order valence-electron chi connectivity index (χ1n) is 14.6. The summed E-state index contributed by atoms with van der Waals surface area (Å²) in [5.74, 6) is 1.19. The first-order valence-corrected chi connectivity index (χ1v) is 14.6. The minimum atomic E-state index is -0.415. The molecule has 1 heterocycles. The van der Waals surface area contributed by atoms with E-state index < -0.39 is 5.54 Å². The average Bonchev–Trinajstić information content (AvgIpc) is 3.28. The number of fused-ring (bicyclic) bond motifs is 1. The van der Waals surface area contributed by atoms with Crippen LogP contribution in [-0.4, -0.2) is 11.7 Å². The first kappa shape index (κ1) is 27.4. The van der Waals surface area contributed by atoms with Crippen LogP contribution in [0.5, 0.6) is 0 Å². The van der Waals surface area contributed by atoms with Crippen LogP contribution < -0.4 is 4.90 Å². The van der Waals surface area contributed by atoms with Gasteiger partial charge < -0.3 is 0 Å². The number of anilines is 1. The average molecular weight is 548 g/mol. The fraction of sp³-hybridized carbons (Fsp3) is 0.179. The Bertz CT molecular complexity index is 1790. The highest BCUT2D eigenvalue weighted by molar-refractivity contribution is 6.31. The van der Waals surface area contributed by atoms with Crippen molar-refractivity contribution in [3.63, 3.8) is 0 Å². The smallest absolute Gasteiger partial charge is 0.142 e. The molecule has 1 N–H and O–H groups in total. The van der Waals surface area contributed by atoms with Gasteiger partial charge in [0.1, 0.15) is 11.7 Å². The number of aliphatic imine (C=N–C) groups is 1. The number of nitrogens with zero attached hydrogens (tertiary/aromatic N) is 2. The highest BCUT2D eigenvalue weighted by Gasteiger charge is 2.37. The summed E-state index contributed by atoms with van der Waals surface area (Å²) < 4.78 is 0. The zero-order chi connectivity index (χ0) is 29.5. The lowest BCUT2D eigenvalue weighted by molar-refractivity contribution is 0.571. The molecule has 0 bridgehead atoms. The van der Waals surface area contributed by atoms with Crippen LogP contribution >= 0.6 is 0 Å². The fourth-order valence-electron chi connectivity index (χ4n) is 5.83. The monoisotopic (exact) mass is 547 g/mol. The van der Waals surface area contributed by atoms with Crippen molar-refractivity contribution in [1.29, 1.82) is 5.41 Å². The summed E-state index contributed by atoms with van der Waals surface area (Å²) in [7, 11) is 0. The van der Waals surface area contributed by atoms with Gasteiger partial charge in [-0.25, -0.2) is 0 Å². The van der Waals surface area contributed by atoms with Crippen LogP contribution in [0.15, 0.2) is 132 Å². The first-order chi connectivity index (χ1) is 20.1. The maximum absolute atomic E-state index is 9.93.